The van der Waals surface area contributed by atoms with E-state index in [4.69, 9.17) is 11.6 Å². The summed E-state index contributed by atoms with van der Waals surface area (Å²) >= 11 is 6.07. The highest BCUT2D eigenvalue weighted by Gasteiger charge is 2.29. The molecule has 1 saturated heterocycles. The van der Waals surface area contributed by atoms with Gasteiger partial charge in [0.05, 0.1) is 15.5 Å². The highest BCUT2D eigenvalue weighted by Crippen LogP contribution is 2.30. The Bertz CT molecular complexity index is 1200. The second-order valence-corrected chi connectivity index (χ2v) is 10.8. The number of rotatable bonds is 6. The number of carbonyl (C=O) groups is 1. The highest BCUT2D eigenvalue weighted by atomic mass is 35.5. The number of benzene rings is 2. The minimum Gasteiger partial charge on any atom is -0.322 e. The summed E-state index contributed by atoms with van der Waals surface area (Å²) in [5, 5.41) is 2.38. The quantitative estimate of drug-likeness (QED) is 0.666. The number of amides is 1. The smallest absolute Gasteiger partial charge is 0.258 e. The fourth-order valence-corrected chi connectivity index (χ4v) is 5.78. The minimum absolute atomic E-state index is 0.00631. The minimum atomic E-state index is -3.88. The van der Waals surface area contributed by atoms with Crippen molar-refractivity contribution in [2.45, 2.75) is 22.6 Å². The lowest BCUT2D eigenvalue weighted by atomic mass is 10.2. The van der Waals surface area contributed by atoms with Crippen molar-refractivity contribution >= 4 is 43.2 Å². The van der Waals surface area contributed by atoms with E-state index >= 15 is 0 Å². The molecule has 0 radical (unpaired) electrons. The molecule has 1 aliphatic heterocycles. The fourth-order valence-electron chi connectivity index (χ4n) is 3.01. The van der Waals surface area contributed by atoms with Crippen molar-refractivity contribution in [1.82, 2.24) is 9.03 Å². The molecular formula is C18H19ClFN3O5S2. The molecule has 0 bridgehead atoms. The maximum absolute atomic E-state index is 14.2. The van der Waals surface area contributed by atoms with Crippen LogP contribution in [0.1, 0.15) is 23.2 Å². The van der Waals surface area contributed by atoms with Gasteiger partial charge in [0, 0.05) is 18.8 Å². The van der Waals surface area contributed by atoms with Gasteiger partial charge in [-0.05, 0) is 56.3 Å². The molecule has 0 saturated carbocycles. The summed E-state index contributed by atoms with van der Waals surface area (Å²) < 4.78 is 67.0. The number of halogens is 2. The van der Waals surface area contributed by atoms with E-state index in [0.29, 0.717) is 13.1 Å². The summed E-state index contributed by atoms with van der Waals surface area (Å²) in [6.45, 7) is 0.764. The topological polar surface area (TPSA) is 113 Å². The third kappa shape index (κ3) is 4.49. The molecule has 0 aliphatic carbocycles. The number of nitrogens with one attached hydrogen (secondary N) is 2. The highest BCUT2D eigenvalue weighted by molar-refractivity contribution is 7.89. The van der Waals surface area contributed by atoms with Gasteiger partial charge in [-0.3, -0.25) is 4.79 Å². The fraction of sp³-hybridized carbons (Fsp3) is 0.278. The molecular weight excluding hydrogens is 457 g/mol. The zero-order valence-electron chi connectivity index (χ0n) is 15.9. The Balaban J connectivity index is 1.92. The summed E-state index contributed by atoms with van der Waals surface area (Å²) in [7, 11) is -6.54. The number of hydrogen-bond donors (Lipinski definition) is 2. The van der Waals surface area contributed by atoms with Gasteiger partial charge in [0.25, 0.3) is 5.91 Å². The molecule has 2 aromatic carbocycles. The van der Waals surface area contributed by atoms with Crippen molar-refractivity contribution in [2.24, 2.45) is 0 Å². The Morgan fingerprint density at radius 1 is 1.07 bits per heavy atom. The lowest BCUT2D eigenvalue weighted by Crippen LogP contribution is -2.28. The van der Waals surface area contributed by atoms with E-state index in [-0.39, 0.29) is 20.5 Å². The summed E-state index contributed by atoms with van der Waals surface area (Å²) in [5.41, 5.74) is -0.436. The normalized spacial score (nSPS) is 15.3. The summed E-state index contributed by atoms with van der Waals surface area (Å²) in [4.78, 5) is 12.1. The van der Waals surface area contributed by atoms with Crippen LogP contribution in [0.3, 0.4) is 0 Å². The van der Waals surface area contributed by atoms with Crippen molar-refractivity contribution in [3.63, 3.8) is 0 Å². The zero-order valence-corrected chi connectivity index (χ0v) is 18.2. The predicted molar refractivity (Wildman–Crippen MR) is 110 cm³/mol. The number of nitrogens with zero attached hydrogens (tertiary/aromatic N) is 1. The van der Waals surface area contributed by atoms with Gasteiger partial charge in [-0.25, -0.2) is 25.9 Å². The standard InChI is InChI=1S/C18H19ClFN3O5S2/c1-21-29(25,26)13-5-7-16(20)14(11-13)18(24)22-12-4-6-15(19)17(10-12)30(27,28)23-8-2-3-9-23/h4-7,10-11,21H,2-3,8-9H2,1H3,(H,22,24). The maximum atomic E-state index is 14.2. The number of carbonyl (C=O) groups excluding carboxylic acids is 1. The van der Waals surface area contributed by atoms with Crippen molar-refractivity contribution in [2.75, 3.05) is 25.5 Å². The Hall–Kier alpha value is -2.05. The van der Waals surface area contributed by atoms with Crippen molar-refractivity contribution in [1.29, 1.82) is 0 Å². The van der Waals surface area contributed by atoms with E-state index in [1.807, 2.05) is 0 Å². The Kier molecular flexibility index (Phi) is 6.48. The van der Waals surface area contributed by atoms with Gasteiger partial charge in [-0.2, -0.15) is 4.31 Å². The van der Waals surface area contributed by atoms with Crippen LogP contribution >= 0.6 is 11.6 Å². The van der Waals surface area contributed by atoms with E-state index in [0.717, 1.165) is 31.0 Å². The van der Waals surface area contributed by atoms with Crippen LogP contribution in [0.2, 0.25) is 5.02 Å². The first-order valence-electron chi connectivity index (χ1n) is 8.90. The van der Waals surface area contributed by atoms with Gasteiger partial charge in [0.2, 0.25) is 20.0 Å². The molecule has 2 aromatic rings. The monoisotopic (exact) mass is 475 g/mol. The van der Waals surface area contributed by atoms with Crippen LogP contribution in [0.4, 0.5) is 10.1 Å². The molecule has 12 heteroatoms. The van der Waals surface area contributed by atoms with E-state index in [9.17, 15) is 26.0 Å². The van der Waals surface area contributed by atoms with E-state index in [2.05, 4.69) is 10.0 Å². The molecule has 0 spiro atoms. The number of hydrogen-bond acceptors (Lipinski definition) is 5. The lowest BCUT2D eigenvalue weighted by molar-refractivity contribution is 0.102. The van der Waals surface area contributed by atoms with Crippen molar-refractivity contribution in [3.8, 4) is 0 Å². The molecule has 0 atom stereocenters. The van der Waals surface area contributed by atoms with Crippen LogP contribution < -0.4 is 10.0 Å². The van der Waals surface area contributed by atoms with Gasteiger partial charge in [-0.1, -0.05) is 11.6 Å². The molecule has 1 fully saturated rings. The first-order chi connectivity index (χ1) is 14.1. The van der Waals surface area contributed by atoms with Gasteiger partial charge in [0.1, 0.15) is 10.7 Å². The molecule has 1 heterocycles. The molecule has 162 valence electrons. The van der Waals surface area contributed by atoms with Crippen LogP contribution in [-0.4, -0.2) is 47.2 Å². The van der Waals surface area contributed by atoms with Crippen molar-refractivity contribution in [3.05, 3.63) is 52.8 Å². The molecule has 1 amide bonds. The molecule has 8 nitrogen and oxygen atoms in total. The molecule has 1 aliphatic rings. The Morgan fingerprint density at radius 3 is 2.37 bits per heavy atom. The van der Waals surface area contributed by atoms with E-state index in [1.165, 1.54) is 29.6 Å². The molecule has 3 rings (SSSR count). The largest absolute Gasteiger partial charge is 0.322 e. The average Bonchev–Trinajstić information content (AvgIpc) is 3.25. The SMILES string of the molecule is CNS(=O)(=O)c1ccc(F)c(C(=O)Nc2ccc(Cl)c(S(=O)(=O)N3CCCC3)c2)c1. The number of sulfonamides is 2. The second kappa shape index (κ2) is 8.60. The van der Waals surface area contributed by atoms with Crippen LogP contribution in [0.25, 0.3) is 0 Å². The Labute approximate surface area is 179 Å². The zero-order chi connectivity index (χ0) is 22.1. The van der Waals surface area contributed by atoms with E-state index in [1.54, 1.807) is 0 Å². The van der Waals surface area contributed by atoms with Crippen molar-refractivity contribution < 1.29 is 26.0 Å². The molecule has 30 heavy (non-hydrogen) atoms. The third-order valence-electron chi connectivity index (χ3n) is 4.63. The lowest BCUT2D eigenvalue weighted by Gasteiger charge is -2.17. The van der Waals surface area contributed by atoms with Crippen LogP contribution in [0.15, 0.2) is 46.2 Å². The van der Waals surface area contributed by atoms with Crippen LogP contribution in [-0.2, 0) is 20.0 Å². The van der Waals surface area contributed by atoms with Gasteiger partial charge >= 0.3 is 0 Å². The molecule has 0 unspecified atom stereocenters. The van der Waals surface area contributed by atoms with Gasteiger partial charge in [-0.15, -0.1) is 0 Å². The first-order valence-corrected chi connectivity index (χ1v) is 12.2. The average molecular weight is 476 g/mol. The van der Waals surface area contributed by atoms with Crippen LogP contribution in [0.5, 0.6) is 0 Å². The maximum Gasteiger partial charge on any atom is 0.258 e. The second-order valence-electron chi connectivity index (χ2n) is 6.56. The molecule has 2 N–H and O–H groups in total. The predicted octanol–water partition coefficient (Wildman–Crippen LogP) is 2.42. The third-order valence-corrected chi connectivity index (χ3v) is 8.43. The number of anilines is 1. The molecule has 0 aromatic heterocycles. The summed E-state index contributed by atoms with van der Waals surface area (Å²) in [6.07, 6.45) is 1.50. The van der Waals surface area contributed by atoms with Gasteiger partial charge in [0.15, 0.2) is 0 Å². The van der Waals surface area contributed by atoms with Crippen LogP contribution in [0, 0.1) is 5.82 Å². The summed E-state index contributed by atoms with van der Waals surface area (Å²) in [6, 6.07) is 6.67. The Morgan fingerprint density at radius 2 is 1.73 bits per heavy atom. The van der Waals surface area contributed by atoms with E-state index < -0.39 is 37.3 Å². The van der Waals surface area contributed by atoms with Gasteiger partial charge < -0.3 is 5.32 Å². The summed E-state index contributed by atoms with van der Waals surface area (Å²) in [5.74, 6) is -1.87. The first kappa shape index (κ1) is 22.6.